The summed E-state index contributed by atoms with van der Waals surface area (Å²) in [6, 6.07) is 7.84. The van der Waals surface area contributed by atoms with Crippen molar-refractivity contribution < 1.29 is 9.59 Å². The Kier molecular flexibility index (Phi) is 5.40. The summed E-state index contributed by atoms with van der Waals surface area (Å²) < 4.78 is 1.68. The molecular weight excluding hydrogens is 376 g/mol. The first-order valence-electron chi connectivity index (χ1n) is 9.99. The molecule has 28 heavy (non-hydrogen) atoms. The van der Waals surface area contributed by atoms with Gasteiger partial charge in [0.15, 0.2) is 5.69 Å². The summed E-state index contributed by atoms with van der Waals surface area (Å²) >= 11 is 5.94. The smallest absolute Gasteiger partial charge is 0.274 e. The van der Waals surface area contributed by atoms with Crippen molar-refractivity contribution >= 4 is 29.1 Å². The molecule has 2 aliphatic rings. The molecular formula is C21H25ClN4O2. The number of nitrogens with zero attached hydrogens (tertiary/aromatic N) is 2. The van der Waals surface area contributed by atoms with E-state index in [1.54, 1.807) is 10.9 Å². The van der Waals surface area contributed by atoms with E-state index in [0.29, 0.717) is 22.9 Å². The summed E-state index contributed by atoms with van der Waals surface area (Å²) in [5.41, 5.74) is 1.91. The molecule has 1 heterocycles. The van der Waals surface area contributed by atoms with Crippen molar-refractivity contribution in [3.8, 4) is 0 Å². The SMILES string of the molecule is CCn1cc(NC(=O)[C@H]2C[C@@H]2c2ccc(Cl)cc2)c(C(=O)NC2CCCC2)n1. The van der Waals surface area contributed by atoms with Crippen LogP contribution >= 0.6 is 11.6 Å². The molecule has 6 nitrogen and oxygen atoms in total. The molecule has 0 spiro atoms. The highest BCUT2D eigenvalue weighted by atomic mass is 35.5. The van der Waals surface area contributed by atoms with Crippen LogP contribution in [0.4, 0.5) is 5.69 Å². The number of amides is 2. The molecule has 2 N–H and O–H groups in total. The molecule has 0 radical (unpaired) electrons. The molecule has 0 saturated heterocycles. The summed E-state index contributed by atoms with van der Waals surface area (Å²) in [6.45, 7) is 2.59. The van der Waals surface area contributed by atoms with Crippen molar-refractivity contribution in [2.45, 2.75) is 57.5 Å². The Morgan fingerprint density at radius 3 is 2.61 bits per heavy atom. The number of halogens is 1. The highest BCUT2D eigenvalue weighted by Crippen LogP contribution is 2.48. The molecule has 0 bridgehead atoms. The van der Waals surface area contributed by atoms with Crippen LogP contribution in [0, 0.1) is 5.92 Å². The predicted octanol–water partition coefficient (Wildman–Crippen LogP) is 3.97. The Morgan fingerprint density at radius 2 is 1.93 bits per heavy atom. The average molecular weight is 401 g/mol. The molecule has 2 amide bonds. The molecule has 7 heteroatoms. The summed E-state index contributed by atoms with van der Waals surface area (Å²) in [5, 5.41) is 11.0. The summed E-state index contributed by atoms with van der Waals surface area (Å²) in [7, 11) is 0. The van der Waals surface area contributed by atoms with Gasteiger partial charge in [0.25, 0.3) is 5.91 Å². The number of carbonyl (C=O) groups is 2. The van der Waals surface area contributed by atoms with Crippen LogP contribution in [0.2, 0.25) is 5.02 Å². The van der Waals surface area contributed by atoms with Gasteiger partial charge < -0.3 is 10.6 Å². The first-order valence-corrected chi connectivity index (χ1v) is 10.4. The number of nitrogens with one attached hydrogen (secondary N) is 2. The van der Waals surface area contributed by atoms with Crippen molar-refractivity contribution in [3.63, 3.8) is 0 Å². The molecule has 148 valence electrons. The van der Waals surface area contributed by atoms with Crippen molar-refractivity contribution in [3.05, 3.63) is 46.7 Å². The van der Waals surface area contributed by atoms with Crippen LogP contribution in [0.1, 0.15) is 61.0 Å². The number of benzene rings is 1. The number of anilines is 1. The number of hydrogen-bond acceptors (Lipinski definition) is 3. The largest absolute Gasteiger partial charge is 0.348 e. The van der Waals surface area contributed by atoms with Gasteiger partial charge in [-0.05, 0) is 49.8 Å². The molecule has 2 fully saturated rings. The van der Waals surface area contributed by atoms with E-state index < -0.39 is 0 Å². The monoisotopic (exact) mass is 400 g/mol. The Labute approximate surface area is 169 Å². The topological polar surface area (TPSA) is 76.0 Å². The minimum Gasteiger partial charge on any atom is -0.348 e. The molecule has 2 saturated carbocycles. The van der Waals surface area contributed by atoms with Crippen molar-refractivity contribution in [2.75, 3.05) is 5.32 Å². The Balaban J connectivity index is 1.43. The highest BCUT2D eigenvalue weighted by molar-refractivity contribution is 6.30. The number of aryl methyl sites for hydroxylation is 1. The first kappa shape index (κ1) is 19.0. The minimum absolute atomic E-state index is 0.0643. The van der Waals surface area contributed by atoms with Crippen LogP contribution in [-0.2, 0) is 11.3 Å². The van der Waals surface area contributed by atoms with Gasteiger partial charge in [0, 0.05) is 29.7 Å². The maximum Gasteiger partial charge on any atom is 0.274 e. The van der Waals surface area contributed by atoms with Crippen LogP contribution in [0.3, 0.4) is 0 Å². The predicted molar refractivity (Wildman–Crippen MR) is 109 cm³/mol. The second-order valence-corrected chi connectivity index (χ2v) is 8.13. The maximum atomic E-state index is 12.7. The second-order valence-electron chi connectivity index (χ2n) is 7.69. The molecule has 1 aromatic heterocycles. The molecule has 2 atom stereocenters. The van der Waals surface area contributed by atoms with E-state index in [-0.39, 0.29) is 29.7 Å². The lowest BCUT2D eigenvalue weighted by molar-refractivity contribution is -0.117. The van der Waals surface area contributed by atoms with E-state index in [1.165, 1.54) is 0 Å². The molecule has 2 aromatic rings. The van der Waals surface area contributed by atoms with E-state index in [2.05, 4.69) is 15.7 Å². The average Bonchev–Trinajstić information content (AvgIpc) is 3.12. The van der Waals surface area contributed by atoms with Crippen molar-refractivity contribution in [2.24, 2.45) is 5.92 Å². The summed E-state index contributed by atoms with van der Waals surface area (Å²) in [6.07, 6.45) is 6.84. The number of rotatable bonds is 6. The summed E-state index contributed by atoms with van der Waals surface area (Å²) in [4.78, 5) is 25.4. The van der Waals surface area contributed by atoms with E-state index >= 15 is 0 Å². The number of carbonyl (C=O) groups excluding carboxylic acids is 2. The molecule has 1 aromatic carbocycles. The van der Waals surface area contributed by atoms with Gasteiger partial charge >= 0.3 is 0 Å². The molecule has 0 unspecified atom stereocenters. The van der Waals surface area contributed by atoms with E-state index in [4.69, 9.17) is 11.6 Å². The number of aromatic nitrogens is 2. The zero-order chi connectivity index (χ0) is 19.7. The van der Waals surface area contributed by atoms with Gasteiger partial charge in [0.2, 0.25) is 5.91 Å². The van der Waals surface area contributed by atoms with E-state index in [0.717, 1.165) is 37.7 Å². The normalized spacial score (nSPS) is 21.5. The Bertz CT molecular complexity index is 871. The van der Waals surface area contributed by atoms with E-state index in [1.807, 2.05) is 31.2 Å². The Hall–Kier alpha value is -2.34. The maximum absolute atomic E-state index is 12.7. The molecule has 0 aliphatic heterocycles. The van der Waals surface area contributed by atoms with Gasteiger partial charge in [0.1, 0.15) is 0 Å². The summed E-state index contributed by atoms with van der Waals surface area (Å²) in [5.74, 6) is -0.156. The van der Waals surface area contributed by atoms with Gasteiger partial charge in [-0.15, -0.1) is 0 Å². The van der Waals surface area contributed by atoms with Crippen LogP contribution in [-0.4, -0.2) is 27.6 Å². The lowest BCUT2D eigenvalue weighted by atomic mass is 10.1. The molecule has 2 aliphatic carbocycles. The standard InChI is InChI=1S/C21H25ClN4O2/c1-2-26-12-18(19(25-26)21(28)23-15-5-3-4-6-15)24-20(27)17-11-16(17)13-7-9-14(22)10-8-13/h7-10,12,15-17H,2-6,11H2,1H3,(H,23,28)(H,24,27)/t16-,17+/m1/s1. The van der Waals surface area contributed by atoms with Crippen LogP contribution in [0.15, 0.2) is 30.5 Å². The first-order chi connectivity index (χ1) is 13.5. The number of hydrogen-bond donors (Lipinski definition) is 2. The third-order valence-electron chi connectivity index (χ3n) is 5.67. The van der Waals surface area contributed by atoms with Gasteiger partial charge in [-0.2, -0.15) is 5.10 Å². The lowest BCUT2D eigenvalue weighted by Gasteiger charge is -2.11. The Morgan fingerprint density at radius 1 is 1.21 bits per heavy atom. The quantitative estimate of drug-likeness (QED) is 0.770. The fourth-order valence-electron chi connectivity index (χ4n) is 3.96. The zero-order valence-corrected chi connectivity index (χ0v) is 16.7. The van der Waals surface area contributed by atoms with E-state index in [9.17, 15) is 9.59 Å². The van der Waals surface area contributed by atoms with Crippen LogP contribution in [0.5, 0.6) is 0 Å². The molecule has 4 rings (SSSR count). The fourth-order valence-corrected chi connectivity index (χ4v) is 4.08. The van der Waals surface area contributed by atoms with Gasteiger partial charge in [-0.1, -0.05) is 36.6 Å². The zero-order valence-electron chi connectivity index (χ0n) is 16.0. The minimum atomic E-state index is -0.209. The lowest BCUT2D eigenvalue weighted by Crippen LogP contribution is -2.33. The fraction of sp³-hybridized carbons (Fsp3) is 0.476. The van der Waals surface area contributed by atoms with Gasteiger partial charge in [0.05, 0.1) is 5.69 Å². The van der Waals surface area contributed by atoms with Crippen molar-refractivity contribution in [1.29, 1.82) is 0 Å². The van der Waals surface area contributed by atoms with Crippen molar-refractivity contribution in [1.82, 2.24) is 15.1 Å². The third-order valence-corrected chi connectivity index (χ3v) is 5.93. The van der Waals surface area contributed by atoms with Crippen LogP contribution < -0.4 is 10.6 Å². The highest BCUT2D eigenvalue weighted by Gasteiger charge is 2.44. The second kappa shape index (κ2) is 7.95. The van der Waals surface area contributed by atoms with Gasteiger partial charge in [-0.3, -0.25) is 14.3 Å². The van der Waals surface area contributed by atoms with Gasteiger partial charge in [-0.25, -0.2) is 0 Å². The van der Waals surface area contributed by atoms with Crippen LogP contribution in [0.25, 0.3) is 0 Å². The third kappa shape index (κ3) is 4.07.